The predicted molar refractivity (Wildman–Crippen MR) is 118 cm³/mol. The van der Waals surface area contributed by atoms with Crippen LogP contribution < -0.4 is 10.5 Å². The largest absolute Gasteiger partial charge is 0.356 e. The van der Waals surface area contributed by atoms with E-state index in [1.165, 1.54) is 27.5 Å². The molecule has 2 aliphatic rings. The van der Waals surface area contributed by atoms with Crippen LogP contribution >= 0.6 is 24.0 Å². The Morgan fingerprint density at radius 3 is 2.75 bits per heavy atom. The summed E-state index contributed by atoms with van der Waals surface area (Å²) in [5.74, 6) is 0.446. The Bertz CT molecular complexity index is 1050. The molecular formula is C20H20N4O2S2. The number of hydrogen-bond donors (Lipinski definition) is 0. The highest BCUT2D eigenvalue weighted by Gasteiger charge is 2.32. The van der Waals surface area contributed by atoms with Crippen molar-refractivity contribution in [2.45, 2.75) is 19.3 Å². The molecular weight excluding hydrogens is 392 g/mol. The molecule has 8 heteroatoms. The van der Waals surface area contributed by atoms with Crippen molar-refractivity contribution in [3.8, 4) is 0 Å². The third kappa shape index (κ3) is 3.38. The first kappa shape index (κ1) is 18.9. The number of thioether (sulfide) groups is 1. The Hall–Kier alpha value is -2.45. The molecule has 144 valence electrons. The van der Waals surface area contributed by atoms with Gasteiger partial charge in [-0.1, -0.05) is 36.1 Å². The van der Waals surface area contributed by atoms with E-state index >= 15 is 0 Å². The number of rotatable bonds is 4. The van der Waals surface area contributed by atoms with Gasteiger partial charge >= 0.3 is 0 Å². The molecule has 0 aliphatic carbocycles. The number of carbonyl (C=O) groups excluding carboxylic acids is 1. The van der Waals surface area contributed by atoms with Crippen molar-refractivity contribution in [2.75, 3.05) is 24.5 Å². The smallest absolute Gasteiger partial charge is 0.267 e. The van der Waals surface area contributed by atoms with E-state index in [0.717, 1.165) is 25.9 Å². The van der Waals surface area contributed by atoms with Gasteiger partial charge < -0.3 is 4.90 Å². The second-order valence-corrected chi connectivity index (χ2v) is 8.39. The number of piperidine rings is 1. The van der Waals surface area contributed by atoms with Crippen LogP contribution in [0.2, 0.25) is 0 Å². The summed E-state index contributed by atoms with van der Waals surface area (Å²) in [7, 11) is 0. The molecule has 2 aromatic heterocycles. The van der Waals surface area contributed by atoms with E-state index in [0.29, 0.717) is 32.8 Å². The first-order chi connectivity index (χ1) is 13.6. The SMILES string of the molecule is C=CCN1C(=O)/C(=C/c2c(N3CCCCC3)nc3ccccn3c2=O)SC1=S. The average molecular weight is 413 g/mol. The van der Waals surface area contributed by atoms with Crippen molar-refractivity contribution in [3.05, 3.63) is 57.9 Å². The lowest BCUT2D eigenvalue weighted by Crippen LogP contribution is -2.33. The molecule has 6 nitrogen and oxygen atoms in total. The minimum absolute atomic E-state index is 0.180. The Kier molecular flexibility index (Phi) is 5.32. The van der Waals surface area contributed by atoms with Crippen molar-refractivity contribution in [2.24, 2.45) is 0 Å². The average Bonchev–Trinajstić information content (AvgIpc) is 2.98. The summed E-state index contributed by atoms with van der Waals surface area (Å²) in [5, 5.41) is 0. The van der Waals surface area contributed by atoms with E-state index in [2.05, 4.69) is 11.5 Å². The highest BCUT2D eigenvalue weighted by Crippen LogP contribution is 2.33. The Morgan fingerprint density at radius 2 is 2.00 bits per heavy atom. The van der Waals surface area contributed by atoms with Gasteiger partial charge in [0.25, 0.3) is 11.5 Å². The van der Waals surface area contributed by atoms with Gasteiger partial charge in [-0.15, -0.1) is 6.58 Å². The van der Waals surface area contributed by atoms with Gasteiger partial charge in [-0.05, 0) is 37.5 Å². The minimum Gasteiger partial charge on any atom is -0.356 e. The van der Waals surface area contributed by atoms with Gasteiger partial charge in [-0.2, -0.15) is 0 Å². The molecule has 0 unspecified atom stereocenters. The van der Waals surface area contributed by atoms with Crippen molar-refractivity contribution in [3.63, 3.8) is 0 Å². The van der Waals surface area contributed by atoms with Crippen molar-refractivity contribution in [1.29, 1.82) is 0 Å². The highest BCUT2D eigenvalue weighted by atomic mass is 32.2. The highest BCUT2D eigenvalue weighted by molar-refractivity contribution is 8.26. The van der Waals surface area contributed by atoms with Crippen LogP contribution in [0, 0.1) is 0 Å². The van der Waals surface area contributed by atoms with Crippen LogP contribution in [0.3, 0.4) is 0 Å². The summed E-state index contributed by atoms with van der Waals surface area (Å²) in [4.78, 5) is 34.8. The fraction of sp³-hybridized carbons (Fsp3) is 0.300. The fourth-order valence-corrected chi connectivity index (χ4v) is 4.74. The van der Waals surface area contributed by atoms with Gasteiger partial charge in [0, 0.05) is 25.8 Å². The first-order valence-electron chi connectivity index (χ1n) is 9.23. The van der Waals surface area contributed by atoms with Crippen molar-refractivity contribution >= 4 is 51.7 Å². The summed E-state index contributed by atoms with van der Waals surface area (Å²) in [6.07, 6.45) is 8.30. The number of amides is 1. The third-order valence-corrected chi connectivity index (χ3v) is 6.24. The lowest BCUT2D eigenvalue weighted by molar-refractivity contribution is -0.121. The van der Waals surface area contributed by atoms with Gasteiger partial charge in [-0.25, -0.2) is 4.98 Å². The van der Waals surface area contributed by atoms with Gasteiger partial charge in [0.05, 0.1) is 10.5 Å². The quantitative estimate of drug-likeness (QED) is 0.437. The molecule has 2 aliphatic heterocycles. The maximum atomic E-state index is 13.2. The zero-order valence-electron chi connectivity index (χ0n) is 15.3. The molecule has 0 aromatic carbocycles. The number of aromatic nitrogens is 2. The van der Waals surface area contributed by atoms with Gasteiger partial charge in [0.1, 0.15) is 15.8 Å². The number of fused-ring (bicyclic) bond motifs is 1. The number of thiocarbonyl (C=S) groups is 1. The lowest BCUT2D eigenvalue weighted by Gasteiger charge is -2.29. The van der Waals surface area contributed by atoms with Crippen LogP contribution in [0.25, 0.3) is 11.7 Å². The molecule has 2 aromatic rings. The van der Waals surface area contributed by atoms with Crippen LogP contribution in [-0.4, -0.2) is 44.1 Å². The molecule has 4 rings (SSSR count). The maximum absolute atomic E-state index is 13.2. The van der Waals surface area contributed by atoms with Crippen LogP contribution in [0.5, 0.6) is 0 Å². The van der Waals surface area contributed by atoms with Gasteiger partial charge in [-0.3, -0.25) is 18.9 Å². The number of nitrogens with zero attached hydrogens (tertiary/aromatic N) is 4. The first-order valence-corrected chi connectivity index (χ1v) is 10.5. The van der Waals surface area contributed by atoms with Gasteiger partial charge in [0.15, 0.2) is 0 Å². The van der Waals surface area contributed by atoms with Crippen LogP contribution in [-0.2, 0) is 4.79 Å². The van der Waals surface area contributed by atoms with Crippen LogP contribution in [0.4, 0.5) is 5.82 Å². The monoisotopic (exact) mass is 412 g/mol. The summed E-state index contributed by atoms with van der Waals surface area (Å²) in [6.45, 7) is 5.74. The molecule has 0 saturated carbocycles. The molecule has 1 amide bonds. The Labute approximate surface area is 172 Å². The standard InChI is InChI=1S/C20H20N4O2S2/c1-2-9-24-19(26)15(28-20(24)27)13-14-17(22-10-5-3-6-11-22)21-16-8-4-7-12-23(16)18(14)25/h2,4,7-8,12-13H,1,3,5-6,9-11H2/b15-13-. The molecule has 0 bridgehead atoms. The van der Waals surface area contributed by atoms with Crippen LogP contribution in [0.1, 0.15) is 24.8 Å². The number of pyridine rings is 1. The van der Waals surface area contributed by atoms with Crippen molar-refractivity contribution in [1.82, 2.24) is 14.3 Å². The summed E-state index contributed by atoms with van der Waals surface area (Å²) in [6, 6.07) is 5.48. The second-order valence-electron chi connectivity index (χ2n) is 6.71. The zero-order chi connectivity index (χ0) is 19.7. The predicted octanol–water partition coefficient (Wildman–Crippen LogP) is 3.07. The fourth-order valence-electron chi connectivity index (χ4n) is 3.48. The van der Waals surface area contributed by atoms with E-state index in [9.17, 15) is 9.59 Å². The third-order valence-electron chi connectivity index (χ3n) is 4.87. The topological polar surface area (TPSA) is 57.9 Å². The van der Waals surface area contributed by atoms with E-state index in [1.54, 1.807) is 24.4 Å². The van der Waals surface area contributed by atoms with E-state index < -0.39 is 0 Å². The molecule has 28 heavy (non-hydrogen) atoms. The minimum atomic E-state index is -0.197. The summed E-state index contributed by atoms with van der Waals surface area (Å²) < 4.78 is 1.99. The molecule has 0 atom stereocenters. The molecule has 2 fully saturated rings. The van der Waals surface area contributed by atoms with Crippen molar-refractivity contribution < 1.29 is 4.79 Å². The lowest BCUT2D eigenvalue weighted by atomic mass is 10.1. The number of anilines is 1. The number of hydrogen-bond acceptors (Lipinski definition) is 6. The van der Waals surface area contributed by atoms with E-state index in [1.807, 2.05) is 12.1 Å². The molecule has 2 saturated heterocycles. The number of carbonyl (C=O) groups is 1. The summed E-state index contributed by atoms with van der Waals surface area (Å²) >= 11 is 6.53. The maximum Gasteiger partial charge on any atom is 0.267 e. The van der Waals surface area contributed by atoms with Crippen LogP contribution in [0.15, 0.2) is 46.8 Å². The summed E-state index contributed by atoms with van der Waals surface area (Å²) in [5.41, 5.74) is 0.856. The normalized spacial score (nSPS) is 19.1. The zero-order valence-corrected chi connectivity index (χ0v) is 17.0. The Balaban J connectivity index is 1.86. The molecule has 4 heterocycles. The molecule has 0 radical (unpaired) electrons. The van der Waals surface area contributed by atoms with E-state index in [-0.39, 0.29) is 11.5 Å². The molecule has 0 spiro atoms. The van der Waals surface area contributed by atoms with E-state index in [4.69, 9.17) is 17.2 Å². The second kappa shape index (κ2) is 7.89. The Morgan fingerprint density at radius 1 is 1.21 bits per heavy atom. The van der Waals surface area contributed by atoms with Gasteiger partial charge in [0.2, 0.25) is 0 Å². The molecule has 0 N–H and O–H groups in total.